The van der Waals surface area contributed by atoms with Crippen molar-refractivity contribution in [1.29, 1.82) is 0 Å². The van der Waals surface area contributed by atoms with E-state index in [0.717, 1.165) is 0 Å². The number of rotatable bonds is 7. The summed E-state index contributed by atoms with van der Waals surface area (Å²) in [5, 5.41) is 2.63. The molecule has 0 bridgehead atoms. The van der Waals surface area contributed by atoms with Crippen LogP contribution in [-0.2, 0) is 10.0 Å². The minimum Gasteiger partial charge on any atom is -0.494 e. The molecule has 0 saturated heterocycles. The maximum atomic E-state index is 13.0. The van der Waals surface area contributed by atoms with Crippen molar-refractivity contribution in [2.24, 2.45) is 0 Å². The standard InChI is InChI=1S/C22H21FN2O4S/c1-3-29-20-12-10-18(11-13-20)25-30(27,28)21-14-19(9-4-15(21)2)24-22(26)16-5-7-17(23)8-6-16/h4-14,25H,3H2,1-2H3,(H,24,26). The van der Waals surface area contributed by atoms with E-state index in [-0.39, 0.29) is 10.5 Å². The predicted molar refractivity (Wildman–Crippen MR) is 114 cm³/mol. The molecule has 0 heterocycles. The van der Waals surface area contributed by atoms with E-state index in [9.17, 15) is 17.6 Å². The fourth-order valence-corrected chi connectivity index (χ4v) is 4.10. The van der Waals surface area contributed by atoms with Gasteiger partial charge in [-0.15, -0.1) is 0 Å². The Kier molecular flexibility index (Phi) is 6.37. The van der Waals surface area contributed by atoms with Crippen LogP contribution in [0.5, 0.6) is 5.75 Å². The van der Waals surface area contributed by atoms with Gasteiger partial charge in [0.25, 0.3) is 15.9 Å². The maximum Gasteiger partial charge on any atom is 0.262 e. The molecule has 156 valence electrons. The Balaban J connectivity index is 1.81. The molecule has 3 aromatic carbocycles. The predicted octanol–water partition coefficient (Wildman–Crippen LogP) is 4.59. The number of sulfonamides is 1. The first-order chi connectivity index (χ1) is 14.3. The van der Waals surface area contributed by atoms with Crippen LogP contribution in [0, 0.1) is 12.7 Å². The molecule has 30 heavy (non-hydrogen) atoms. The van der Waals surface area contributed by atoms with Gasteiger partial charge in [-0.25, -0.2) is 12.8 Å². The van der Waals surface area contributed by atoms with Gasteiger partial charge in [-0.05, 0) is 80.1 Å². The second-order valence-corrected chi connectivity index (χ2v) is 8.16. The SMILES string of the molecule is CCOc1ccc(NS(=O)(=O)c2cc(NC(=O)c3ccc(F)cc3)ccc2C)cc1. The molecule has 0 spiro atoms. The number of benzene rings is 3. The zero-order valence-corrected chi connectivity index (χ0v) is 17.3. The number of carbonyl (C=O) groups excluding carboxylic acids is 1. The van der Waals surface area contributed by atoms with Gasteiger partial charge in [0.05, 0.1) is 11.5 Å². The van der Waals surface area contributed by atoms with Crippen LogP contribution >= 0.6 is 0 Å². The third-order valence-corrected chi connectivity index (χ3v) is 5.78. The number of hydrogen-bond donors (Lipinski definition) is 2. The quantitative estimate of drug-likeness (QED) is 0.577. The third kappa shape index (κ3) is 5.15. The summed E-state index contributed by atoms with van der Waals surface area (Å²) >= 11 is 0. The van der Waals surface area contributed by atoms with Crippen molar-refractivity contribution in [1.82, 2.24) is 0 Å². The minimum absolute atomic E-state index is 0.0355. The van der Waals surface area contributed by atoms with Gasteiger partial charge in [0.2, 0.25) is 0 Å². The molecule has 0 radical (unpaired) electrons. The topological polar surface area (TPSA) is 84.5 Å². The van der Waals surface area contributed by atoms with E-state index in [4.69, 9.17) is 4.74 Å². The van der Waals surface area contributed by atoms with Gasteiger partial charge in [-0.1, -0.05) is 6.07 Å². The molecule has 3 rings (SSSR count). The first-order valence-corrected chi connectivity index (χ1v) is 10.7. The first-order valence-electron chi connectivity index (χ1n) is 9.22. The van der Waals surface area contributed by atoms with Gasteiger partial charge in [-0.3, -0.25) is 9.52 Å². The summed E-state index contributed by atoms with van der Waals surface area (Å²) in [7, 11) is -3.89. The van der Waals surface area contributed by atoms with Crippen molar-refractivity contribution >= 4 is 27.3 Å². The molecular formula is C22H21FN2O4S. The van der Waals surface area contributed by atoms with Gasteiger partial charge in [-0.2, -0.15) is 0 Å². The maximum absolute atomic E-state index is 13.0. The van der Waals surface area contributed by atoms with Crippen molar-refractivity contribution in [3.8, 4) is 5.75 Å². The van der Waals surface area contributed by atoms with Gasteiger partial charge in [0.1, 0.15) is 11.6 Å². The highest BCUT2D eigenvalue weighted by Gasteiger charge is 2.18. The highest BCUT2D eigenvalue weighted by molar-refractivity contribution is 7.92. The molecule has 1 amide bonds. The molecule has 0 saturated carbocycles. The van der Waals surface area contributed by atoms with Gasteiger partial charge >= 0.3 is 0 Å². The number of amides is 1. The summed E-state index contributed by atoms with van der Waals surface area (Å²) in [6.45, 7) is 4.04. The van der Waals surface area contributed by atoms with Crippen molar-refractivity contribution in [3.05, 3.63) is 83.7 Å². The van der Waals surface area contributed by atoms with Crippen molar-refractivity contribution in [2.45, 2.75) is 18.7 Å². The van der Waals surface area contributed by atoms with Gasteiger partial charge < -0.3 is 10.1 Å². The van der Waals surface area contributed by atoms with Crippen molar-refractivity contribution in [2.75, 3.05) is 16.6 Å². The van der Waals surface area contributed by atoms with E-state index in [1.165, 1.54) is 30.3 Å². The van der Waals surface area contributed by atoms with Gasteiger partial charge in [0, 0.05) is 16.9 Å². The van der Waals surface area contributed by atoms with Crippen LogP contribution in [0.4, 0.5) is 15.8 Å². The number of anilines is 2. The van der Waals surface area contributed by atoms with E-state index in [2.05, 4.69) is 10.0 Å². The lowest BCUT2D eigenvalue weighted by molar-refractivity contribution is 0.102. The smallest absolute Gasteiger partial charge is 0.262 e. The minimum atomic E-state index is -3.89. The summed E-state index contributed by atoms with van der Waals surface area (Å²) < 4.78 is 46.7. The molecule has 3 aromatic rings. The average molecular weight is 428 g/mol. The van der Waals surface area contributed by atoms with Crippen LogP contribution in [0.3, 0.4) is 0 Å². The number of nitrogens with one attached hydrogen (secondary N) is 2. The zero-order valence-electron chi connectivity index (χ0n) is 16.5. The van der Waals surface area contributed by atoms with E-state index < -0.39 is 21.7 Å². The number of aryl methyl sites for hydroxylation is 1. The van der Waals surface area contributed by atoms with Crippen molar-refractivity contribution in [3.63, 3.8) is 0 Å². The first kappa shape index (κ1) is 21.3. The molecule has 0 aliphatic rings. The Morgan fingerprint density at radius 1 is 0.967 bits per heavy atom. The normalized spacial score (nSPS) is 11.0. The molecule has 0 aromatic heterocycles. The summed E-state index contributed by atoms with van der Waals surface area (Å²) in [6.07, 6.45) is 0. The molecule has 0 atom stereocenters. The van der Waals surface area contributed by atoms with E-state index in [1.807, 2.05) is 6.92 Å². The molecule has 0 unspecified atom stereocenters. The Morgan fingerprint density at radius 2 is 1.60 bits per heavy atom. The van der Waals surface area contributed by atoms with Crippen LogP contribution in [0.1, 0.15) is 22.8 Å². The van der Waals surface area contributed by atoms with Crippen LogP contribution in [0.15, 0.2) is 71.6 Å². The van der Waals surface area contributed by atoms with Crippen LogP contribution < -0.4 is 14.8 Å². The molecular weight excluding hydrogens is 407 g/mol. The highest BCUT2D eigenvalue weighted by atomic mass is 32.2. The zero-order chi connectivity index (χ0) is 21.7. The second-order valence-electron chi connectivity index (χ2n) is 6.50. The summed E-state index contributed by atoms with van der Waals surface area (Å²) in [5.41, 5.74) is 1.47. The van der Waals surface area contributed by atoms with Crippen LogP contribution in [-0.4, -0.2) is 20.9 Å². The van der Waals surface area contributed by atoms with Crippen molar-refractivity contribution < 1.29 is 22.3 Å². The molecule has 0 aliphatic heterocycles. The van der Waals surface area contributed by atoms with E-state index in [0.29, 0.717) is 29.3 Å². The summed E-state index contributed by atoms with van der Waals surface area (Å²) in [6, 6.07) is 16.2. The Hall–Kier alpha value is -3.39. The highest BCUT2D eigenvalue weighted by Crippen LogP contribution is 2.24. The molecule has 8 heteroatoms. The fourth-order valence-electron chi connectivity index (χ4n) is 2.77. The lowest BCUT2D eigenvalue weighted by atomic mass is 10.2. The number of hydrogen-bond acceptors (Lipinski definition) is 4. The Labute approximate surface area is 174 Å². The fraction of sp³-hybridized carbons (Fsp3) is 0.136. The Morgan fingerprint density at radius 3 is 2.23 bits per heavy atom. The number of carbonyl (C=O) groups is 1. The molecule has 0 fully saturated rings. The van der Waals surface area contributed by atoms with Crippen LogP contribution in [0.25, 0.3) is 0 Å². The monoisotopic (exact) mass is 428 g/mol. The van der Waals surface area contributed by atoms with E-state index in [1.54, 1.807) is 43.3 Å². The molecule has 2 N–H and O–H groups in total. The summed E-state index contributed by atoms with van der Waals surface area (Å²) in [5.74, 6) is -0.278. The third-order valence-electron chi connectivity index (χ3n) is 4.26. The number of halogens is 1. The van der Waals surface area contributed by atoms with Gasteiger partial charge in [0.15, 0.2) is 0 Å². The Bertz CT molecular complexity index is 1140. The lowest BCUT2D eigenvalue weighted by Gasteiger charge is -2.13. The largest absolute Gasteiger partial charge is 0.494 e. The summed E-state index contributed by atoms with van der Waals surface area (Å²) in [4.78, 5) is 12.4. The number of ether oxygens (including phenoxy) is 1. The second kappa shape index (κ2) is 8.96. The molecule has 6 nitrogen and oxygen atoms in total. The van der Waals surface area contributed by atoms with E-state index >= 15 is 0 Å². The van der Waals surface area contributed by atoms with Crippen LogP contribution in [0.2, 0.25) is 0 Å². The average Bonchev–Trinajstić information content (AvgIpc) is 2.71. The lowest BCUT2D eigenvalue weighted by Crippen LogP contribution is -2.16. The molecule has 0 aliphatic carbocycles.